The number of aromatic nitrogens is 4. The molecule has 1 N–H and O–H groups in total. The Kier molecular flexibility index (Phi) is 6.91. The molecule has 2 aromatic rings. The number of rotatable bonds is 7. The number of carbonyl (C=O) groups excluding carboxylic acids is 1. The third-order valence-electron chi connectivity index (χ3n) is 4.67. The van der Waals surface area contributed by atoms with Crippen LogP contribution in [0.25, 0.3) is 0 Å². The smallest absolute Gasteiger partial charge is 0.234 e. The molecule has 0 saturated heterocycles. The summed E-state index contributed by atoms with van der Waals surface area (Å²) in [4.78, 5) is 16.1. The Labute approximate surface area is 163 Å². The number of pyridine rings is 1. The molecule has 2 heterocycles. The summed E-state index contributed by atoms with van der Waals surface area (Å²) in [5.74, 6) is 1.88. The number of halogens is 1. The minimum atomic E-state index is -0.135. The van der Waals surface area contributed by atoms with Crippen LogP contribution in [0.3, 0.4) is 0 Å². The number of hydrogen-bond acceptors (Lipinski definition) is 5. The standard InChI is InChI=1S/C18H24ClN5OS/c1-2-24-15(11-13-7-4-3-5-8-13)22-23-18(24)26-12-16(25)21-14-9-6-10-20-17(14)19/h6,9-10,13H,2-5,7-8,11-12H2,1H3,(H,21,25). The fourth-order valence-electron chi connectivity index (χ4n) is 3.34. The lowest BCUT2D eigenvalue weighted by atomic mass is 9.87. The van der Waals surface area contributed by atoms with Crippen LogP contribution >= 0.6 is 23.4 Å². The highest BCUT2D eigenvalue weighted by molar-refractivity contribution is 7.99. The Morgan fingerprint density at radius 3 is 2.88 bits per heavy atom. The summed E-state index contributed by atoms with van der Waals surface area (Å²) in [5, 5.41) is 12.6. The highest BCUT2D eigenvalue weighted by atomic mass is 35.5. The maximum Gasteiger partial charge on any atom is 0.234 e. The van der Waals surface area contributed by atoms with Gasteiger partial charge in [0.15, 0.2) is 10.3 Å². The molecule has 0 aliphatic heterocycles. The van der Waals surface area contributed by atoms with Gasteiger partial charge in [0.2, 0.25) is 5.91 Å². The SMILES string of the molecule is CCn1c(CC2CCCCC2)nnc1SCC(=O)Nc1cccnc1Cl. The van der Waals surface area contributed by atoms with Gasteiger partial charge in [-0.15, -0.1) is 10.2 Å². The molecule has 0 unspecified atom stereocenters. The summed E-state index contributed by atoms with van der Waals surface area (Å²) in [6.45, 7) is 2.90. The molecule has 6 nitrogen and oxygen atoms in total. The third-order valence-corrected chi connectivity index (χ3v) is 5.94. The van der Waals surface area contributed by atoms with E-state index in [4.69, 9.17) is 11.6 Å². The van der Waals surface area contributed by atoms with Crippen LogP contribution in [0.2, 0.25) is 5.15 Å². The molecule has 0 atom stereocenters. The van der Waals surface area contributed by atoms with Crippen molar-refractivity contribution in [3.63, 3.8) is 0 Å². The van der Waals surface area contributed by atoms with E-state index in [1.807, 2.05) is 0 Å². The predicted octanol–water partition coefficient (Wildman–Crippen LogP) is 4.20. The van der Waals surface area contributed by atoms with Crippen LogP contribution in [0, 0.1) is 5.92 Å². The molecule has 1 fully saturated rings. The molecule has 26 heavy (non-hydrogen) atoms. The summed E-state index contributed by atoms with van der Waals surface area (Å²) in [7, 11) is 0. The average molecular weight is 394 g/mol. The maximum absolute atomic E-state index is 12.2. The number of amides is 1. The highest BCUT2D eigenvalue weighted by Gasteiger charge is 2.19. The van der Waals surface area contributed by atoms with E-state index in [-0.39, 0.29) is 16.8 Å². The second kappa shape index (κ2) is 9.37. The molecule has 1 saturated carbocycles. The van der Waals surface area contributed by atoms with Crippen molar-refractivity contribution in [3.8, 4) is 0 Å². The van der Waals surface area contributed by atoms with Crippen LogP contribution < -0.4 is 5.32 Å². The van der Waals surface area contributed by atoms with Gasteiger partial charge in [-0.1, -0.05) is 55.5 Å². The summed E-state index contributed by atoms with van der Waals surface area (Å²) in [5.41, 5.74) is 0.523. The van der Waals surface area contributed by atoms with Crippen LogP contribution in [-0.2, 0) is 17.8 Å². The van der Waals surface area contributed by atoms with Crippen LogP contribution in [-0.4, -0.2) is 31.4 Å². The van der Waals surface area contributed by atoms with Crippen molar-refractivity contribution in [2.24, 2.45) is 5.92 Å². The van der Waals surface area contributed by atoms with Gasteiger partial charge in [-0.05, 0) is 25.0 Å². The molecule has 0 aromatic carbocycles. The zero-order chi connectivity index (χ0) is 18.4. The molecule has 140 valence electrons. The minimum Gasteiger partial charge on any atom is -0.323 e. The molecule has 0 bridgehead atoms. The fraction of sp³-hybridized carbons (Fsp3) is 0.556. The normalized spacial score (nSPS) is 15.2. The number of anilines is 1. The lowest BCUT2D eigenvalue weighted by Gasteiger charge is -2.21. The van der Waals surface area contributed by atoms with Gasteiger partial charge < -0.3 is 9.88 Å². The maximum atomic E-state index is 12.2. The van der Waals surface area contributed by atoms with Crippen molar-refractivity contribution in [1.29, 1.82) is 0 Å². The lowest BCUT2D eigenvalue weighted by molar-refractivity contribution is -0.113. The van der Waals surface area contributed by atoms with Gasteiger partial charge in [-0.2, -0.15) is 0 Å². The lowest BCUT2D eigenvalue weighted by Crippen LogP contribution is -2.16. The van der Waals surface area contributed by atoms with E-state index in [2.05, 4.69) is 32.0 Å². The Bertz CT molecular complexity index is 745. The van der Waals surface area contributed by atoms with Crippen molar-refractivity contribution < 1.29 is 4.79 Å². The molecule has 0 spiro atoms. The molecule has 8 heteroatoms. The number of nitrogens with zero attached hydrogens (tertiary/aromatic N) is 4. The topological polar surface area (TPSA) is 72.7 Å². The zero-order valence-electron chi connectivity index (χ0n) is 14.9. The van der Waals surface area contributed by atoms with E-state index in [0.29, 0.717) is 11.6 Å². The van der Waals surface area contributed by atoms with Crippen molar-refractivity contribution in [2.75, 3.05) is 11.1 Å². The summed E-state index contributed by atoms with van der Waals surface area (Å²) >= 11 is 7.37. The number of carbonyl (C=O) groups is 1. The van der Waals surface area contributed by atoms with Gasteiger partial charge in [0.1, 0.15) is 5.82 Å². The molecule has 1 amide bonds. The molecule has 0 radical (unpaired) electrons. The van der Waals surface area contributed by atoms with Gasteiger partial charge in [-0.25, -0.2) is 4.98 Å². The van der Waals surface area contributed by atoms with Gasteiger partial charge >= 0.3 is 0 Å². The summed E-state index contributed by atoms with van der Waals surface area (Å²) in [6.07, 6.45) is 9.14. The minimum absolute atomic E-state index is 0.135. The van der Waals surface area contributed by atoms with E-state index < -0.39 is 0 Å². The largest absolute Gasteiger partial charge is 0.323 e. The van der Waals surface area contributed by atoms with E-state index in [1.54, 1.807) is 18.3 Å². The second-order valence-corrected chi connectivity index (χ2v) is 7.83. The first-order chi connectivity index (χ1) is 12.7. The van der Waals surface area contributed by atoms with Gasteiger partial charge in [0.05, 0.1) is 11.4 Å². The van der Waals surface area contributed by atoms with Gasteiger partial charge in [0, 0.05) is 19.2 Å². The van der Waals surface area contributed by atoms with Crippen LogP contribution in [0.15, 0.2) is 23.5 Å². The first-order valence-electron chi connectivity index (χ1n) is 9.12. The fourth-order valence-corrected chi connectivity index (χ4v) is 4.33. The van der Waals surface area contributed by atoms with Crippen LogP contribution in [0.1, 0.15) is 44.9 Å². The first-order valence-corrected chi connectivity index (χ1v) is 10.5. The third kappa shape index (κ3) is 4.98. The predicted molar refractivity (Wildman–Crippen MR) is 105 cm³/mol. The van der Waals surface area contributed by atoms with Gasteiger partial charge in [0.25, 0.3) is 0 Å². The van der Waals surface area contributed by atoms with E-state index >= 15 is 0 Å². The Hall–Kier alpha value is -1.60. The summed E-state index contributed by atoms with van der Waals surface area (Å²) < 4.78 is 2.13. The quantitative estimate of drug-likeness (QED) is 0.563. The monoisotopic (exact) mass is 393 g/mol. The zero-order valence-corrected chi connectivity index (χ0v) is 16.5. The van der Waals surface area contributed by atoms with Crippen LogP contribution in [0.5, 0.6) is 0 Å². The van der Waals surface area contributed by atoms with Gasteiger partial charge in [-0.3, -0.25) is 4.79 Å². The number of hydrogen-bond donors (Lipinski definition) is 1. The Morgan fingerprint density at radius 2 is 2.15 bits per heavy atom. The molecule has 2 aromatic heterocycles. The average Bonchev–Trinajstić information content (AvgIpc) is 3.04. The molecular formula is C18H24ClN5OS. The number of nitrogens with one attached hydrogen (secondary N) is 1. The van der Waals surface area contributed by atoms with Crippen molar-refractivity contribution in [1.82, 2.24) is 19.7 Å². The Morgan fingerprint density at radius 1 is 1.35 bits per heavy atom. The second-order valence-electron chi connectivity index (χ2n) is 6.53. The molecule has 1 aliphatic carbocycles. The van der Waals surface area contributed by atoms with E-state index in [9.17, 15) is 4.79 Å². The molecule has 1 aliphatic rings. The first kappa shape index (κ1) is 19.2. The molecule has 3 rings (SSSR count). The van der Waals surface area contributed by atoms with Crippen molar-refractivity contribution in [3.05, 3.63) is 29.3 Å². The summed E-state index contributed by atoms with van der Waals surface area (Å²) in [6, 6.07) is 3.47. The highest BCUT2D eigenvalue weighted by Crippen LogP contribution is 2.27. The number of thioether (sulfide) groups is 1. The van der Waals surface area contributed by atoms with Crippen LogP contribution in [0.4, 0.5) is 5.69 Å². The van der Waals surface area contributed by atoms with E-state index in [1.165, 1.54) is 43.9 Å². The molecular weight excluding hydrogens is 370 g/mol. The van der Waals surface area contributed by atoms with E-state index in [0.717, 1.165) is 23.9 Å². The Balaban J connectivity index is 1.57. The van der Waals surface area contributed by atoms with Crippen molar-refractivity contribution in [2.45, 2.75) is 57.1 Å². The van der Waals surface area contributed by atoms with Crippen molar-refractivity contribution >= 4 is 35.0 Å².